The second-order valence-electron chi connectivity index (χ2n) is 6.95. The number of amides is 1. The van der Waals surface area contributed by atoms with E-state index in [0.29, 0.717) is 11.5 Å². The van der Waals surface area contributed by atoms with E-state index in [9.17, 15) is 13.2 Å². The molecule has 0 bridgehead atoms. The van der Waals surface area contributed by atoms with Crippen molar-refractivity contribution in [2.45, 2.75) is 42.9 Å². The van der Waals surface area contributed by atoms with Crippen LogP contribution in [0.5, 0.6) is 5.75 Å². The van der Waals surface area contributed by atoms with Crippen LogP contribution in [0.3, 0.4) is 0 Å². The maximum absolute atomic E-state index is 12.4. The van der Waals surface area contributed by atoms with E-state index < -0.39 is 22.5 Å². The van der Waals surface area contributed by atoms with Gasteiger partial charge in [-0.3, -0.25) is 10.2 Å². The van der Waals surface area contributed by atoms with Crippen LogP contribution in [0.4, 0.5) is 0 Å². The molecule has 2 aromatic carbocycles. The van der Waals surface area contributed by atoms with Gasteiger partial charge in [-0.1, -0.05) is 43.5 Å². The lowest BCUT2D eigenvalue weighted by molar-refractivity contribution is -0.123. The zero-order valence-electron chi connectivity index (χ0n) is 15.9. The zero-order chi connectivity index (χ0) is 20.7. The number of sulfonamides is 1. The molecule has 152 valence electrons. The maximum atomic E-state index is 12.4. The molecule has 0 radical (unpaired) electrons. The van der Waals surface area contributed by atoms with Crippen molar-refractivity contribution in [1.29, 1.82) is 5.26 Å². The molecule has 0 spiro atoms. The van der Waals surface area contributed by atoms with Crippen LogP contribution in [0, 0.1) is 11.3 Å². The highest BCUT2D eigenvalue weighted by molar-refractivity contribution is 7.89. The lowest BCUT2D eigenvalue weighted by atomic mass is 9.84. The largest absolute Gasteiger partial charge is 0.482 e. The van der Waals surface area contributed by atoms with Gasteiger partial charge in [0.15, 0.2) is 6.61 Å². The molecule has 1 aliphatic rings. The molecule has 29 heavy (non-hydrogen) atoms. The highest BCUT2D eigenvalue weighted by atomic mass is 32.2. The predicted molar refractivity (Wildman–Crippen MR) is 107 cm³/mol. The SMILES string of the molecule is N#Cc1ccccc1OCC(=O)NNS(=O)(=O)c1ccc(C2CCCCC2)cc1. The molecule has 8 heteroatoms. The second kappa shape index (κ2) is 9.54. The van der Waals surface area contributed by atoms with Crippen molar-refractivity contribution in [2.75, 3.05) is 6.61 Å². The van der Waals surface area contributed by atoms with Gasteiger partial charge in [0.25, 0.3) is 15.9 Å². The monoisotopic (exact) mass is 413 g/mol. The fourth-order valence-electron chi connectivity index (χ4n) is 3.40. The van der Waals surface area contributed by atoms with E-state index in [2.05, 4.69) is 10.3 Å². The minimum absolute atomic E-state index is 0.0769. The Balaban J connectivity index is 1.53. The maximum Gasteiger partial charge on any atom is 0.272 e. The summed E-state index contributed by atoms with van der Waals surface area (Å²) in [5.74, 6) is 0.0630. The summed E-state index contributed by atoms with van der Waals surface area (Å²) in [6, 6.07) is 15.2. The second-order valence-corrected chi connectivity index (χ2v) is 8.64. The third-order valence-corrected chi connectivity index (χ3v) is 6.22. The standard InChI is InChI=1S/C21H23N3O4S/c22-14-18-8-4-5-9-20(18)28-15-21(25)23-24-29(26,27)19-12-10-17(11-13-19)16-6-2-1-3-7-16/h4-5,8-13,16,24H,1-3,6-7,15H2,(H,23,25). The number of carbonyl (C=O) groups excluding carboxylic acids is 1. The molecule has 1 aliphatic carbocycles. The molecule has 0 aromatic heterocycles. The average molecular weight is 413 g/mol. The van der Waals surface area contributed by atoms with E-state index in [4.69, 9.17) is 10.00 Å². The molecular weight excluding hydrogens is 390 g/mol. The van der Waals surface area contributed by atoms with Gasteiger partial charge in [-0.05, 0) is 48.6 Å². The van der Waals surface area contributed by atoms with Crippen LogP contribution in [-0.2, 0) is 14.8 Å². The van der Waals surface area contributed by atoms with E-state index in [1.54, 1.807) is 36.4 Å². The summed E-state index contributed by atoms with van der Waals surface area (Å²) in [7, 11) is -3.89. The fourth-order valence-corrected chi connectivity index (χ4v) is 4.26. The quantitative estimate of drug-likeness (QED) is 0.679. The first-order valence-electron chi connectivity index (χ1n) is 9.52. The Morgan fingerprint density at radius 2 is 1.76 bits per heavy atom. The molecule has 0 unspecified atom stereocenters. The number of nitrogens with zero attached hydrogens (tertiary/aromatic N) is 1. The number of nitrogens with one attached hydrogen (secondary N) is 2. The molecule has 1 saturated carbocycles. The first-order valence-corrected chi connectivity index (χ1v) is 11.0. The summed E-state index contributed by atoms with van der Waals surface area (Å²) in [6.07, 6.45) is 5.95. The summed E-state index contributed by atoms with van der Waals surface area (Å²) in [4.78, 5) is 14.1. The number of nitriles is 1. The third-order valence-electron chi connectivity index (χ3n) is 4.96. The van der Waals surface area contributed by atoms with E-state index in [1.807, 2.05) is 18.2 Å². The zero-order valence-corrected chi connectivity index (χ0v) is 16.7. The Hall–Kier alpha value is -2.89. The Morgan fingerprint density at radius 3 is 2.45 bits per heavy atom. The van der Waals surface area contributed by atoms with Crippen molar-refractivity contribution in [3.05, 3.63) is 59.7 Å². The number of para-hydroxylation sites is 1. The van der Waals surface area contributed by atoms with Crippen LogP contribution in [0.15, 0.2) is 53.4 Å². The number of hydrazine groups is 1. The highest BCUT2D eigenvalue weighted by Crippen LogP contribution is 2.32. The summed E-state index contributed by atoms with van der Waals surface area (Å²) in [6.45, 7) is -0.429. The molecule has 2 aromatic rings. The Morgan fingerprint density at radius 1 is 1.07 bits per heavy atom. The van der Waals surface area contributed by atoms with Crippen LogP contribution in [-0.4, -0.2) is 20.9 Å². The number of rotatable bonds is 7. The number of ether oxygens (including phenoxy) is 1. The summed E-state index contributed by atoms with van der Waals surface area (Å²) < 4.78 is 30.1. The van der Waals surface area contributed by atoms with Crippen LogP contribution in [0.1, 0.15) is 49.1 Å². The van der Waals surface area contributed by atoms with Gasteiger partial charge in [0, 0.05) is 0 Å². The van der Waals surface area contributed by atoms with E-state index in [-0.39, 0.29) is 10.6 Å². The normalized spacial score (nSPS) is 14.7. The van der Waals surface area contributed by atoms with Gasteiger partial charge in [0.1, 0.15) is 11.8 Å². The van der Waals surface area contributed by atoms with Gasteiger partial charge in [-0.15, -0.1) is 4.83 Å². The van der Waals surface area contributed by atoms with Crippen molar-refractivity contribution in [3.63, 3.8) is 0 Å². The lowest BCUT2D eigenvalue weighted by Crippen LogP contribution is -2.43. The number of benzene rings is 2. The molecular formula is C21H23N3O4S. The van der Waals surface area contributed by atoms with Crippen molar-refractivity contribution in [3.8, 4) is 11.8 Å². The first-order chi connectivity index (χ1) is 14.0. The summed E-state index contributed by atoms with van der Waals surface area (Å²) >= 11 is 0. The molecule has 0 atom stereocenters. The van der Waals surface area contributed by atoms with Gasteiger partial charge in [-0.2, -0.15) is 5.26 Å². The van der Waals surface area contributed by atoms with Gasteiger partial charge >= 0.3 is 0 Å². The third kappa shape index (κ3) is 5.56. The number of hydrogen-bond donors (Lipinski definition) is 2. The predicted octanol–water partition coefficient (Wildman–Crippen LogP) is 2.99. The first kappa shape index (κ1) is 20.8. The molecule has 7 nitrogen and oxygen atoms in total. The number of carbonyl (C=O) groups is 1. The van der Waals surface area contributed by atoms with Gasteiger partial charge in [-0.25, -0.2) is 8.42 Å². The van der Waals surface area contributed by atoms with Crippen molar-refractivity contribution in [1.82, 2.24) is 10.3 Å². The van der Waals surface area contributed by atoms with Crippen molar-refractivity contribution < 1.29 is 17.9 Å². The minimum Gasteiger partial charge on any atom is -0.482 e. The van der Waals surface area contributed by atoms with E-state index in [1.165, 1.54) is 19.3 Å². The van der Waals surface area contributed by atoms with Gasteiger partial charge in [0.2, 0.25) is 0 Å². The van der Waals surface area contributed by atoms with Gasteiger partial charge in [0.05, 0.1) is 10.5 Å². The molecule has 0 heterocycles. The van der Waals surface area contributed by atoms with Crippen LogP contribution >= 0.6 is 0 Å². The molecule has 0 aliphatic heterocycles. The summed E-state index contributed by atoms with van der Waals surface area (Å²) in [5.41, 5.74) is 3.56. The highest BCUT2D eigenvalue weighted by Gasteiger charge is 2.19. The molecule has 3 rings (SSSR count). The summed E-state index contributed by atoms with van der Waals surface area (Å²) in [5, 5.41) is 9.00. The minimum atomic E-state index is -3.89. The van der Waals surface area contributed by atoms with Crippen molar-refractivity contribution in [2.24, 2.45) is 0 Å². The average Bonchev–Trinajstić information content (AvgIpc) is 2.77. The fraction of sp³-hybridized carbons (Fsp3) is 0.333. The molecule has 0 saturated heterocycles. The lowest BCUT2D eigenvalue weighted by Gasteiger charge is -2.22. The van der Waals surface area contributed by atoms with Gasteiger partial charge < -0.3 is 4.74 Å². The van der Waals surface area contributed by atoms with Crippen LogP contribution < -0.4 is 15.0 Å². The van der Waals surface area contributed by atoms with E-state index >= 15 is 0 Å². The van der Waals surface area contributed by atoms with Crippen LogP contribution in [0.2, 0.25) is 0 Å². The Labute approximate surface area is 170 Å². The Bertz CT molecular complexity index is 991. The molecule has 1 amide bonds. The smallest absolute Gasteiger partial charge is 0.272 e. The molecule has 1 fully saturated rings. The molecule has 2 N–H and O–H groups in total. The Kier molecular flexibility index (Phi) is 6.86. The topological polar surface area (TPSA) is 108 Å². The van der Waals surface area contributed by atoms with Crippen molar-refractivity contribution >= 4 is 15.9 Å². The number of hydrogen-bond acceptors (Lipinski definition) is 5. The van der Waals surface area contributed by atoms with Crippen LogP contribution in [0.25, 0.3) is 0 Å². The van der Waals surface area contributed by atoms with E-state index in [0.717, 1.165) is 18.4 Å².